The van der Waals surface area contributed by atoms with Crippen molar-refractivity contribution in [3.8, 4) is 11.4 Å². The van der Waals surface area contributed by atoms with E-state index in [9.17, 15) is 4.79 Å². The Balaban J connectivity index is 2.43. The third kappa shape index (κ3) is 3.03. The Hall–Kier alpha value is -1.23. The second-order valence-corrected chi connectivity index (χ2v) is 4.81. The standard InChI is InChI=1S/C12H9Cl3N2O2/c1-2-19-12(18)10-6-17(15)11(16-10)8-4-3-7(13)5-9(8)14/h3-6H,2H2,1H3. The molecule has 4 nitrogen and oxygen atoms in total. The van der Waals surface area contributed by atoms with Crippen molar-refractivity contribution in [2.45, 2.75) is 6.92 Å². The molecule has 0 unspecified atom stereocenters. The van der Waals surface area contributed by atoms with Crippen LogP contribution in [-0.4, -0.2) is 21.6 Å². The number of imidazole rings is 1. The summed E-state index contributed by atoms with van der Waals surface area (Å²) in [7, 11) is 0. The van der Waals surface area contributed by atoms with Crippen LogP contribution >= 0.6 is 35.0 Å². The van der Waals surface area contributed by atoms with E-state index < -0.39 is 5.97 Å². The first-order chi connectivity index (χ1) is 9.02. The van der Waals surface area contributed by atoms with Crippen molar-refractivity contribution >= 4 is 40.9 Å². The zero-order valence-electron chi connectivity index (χ0n) is 9.86. The van der Waals surface area contributed by atoms with Crippen molar-refractivity contribution in [3.63, 3.8) is 0 Å². The molecule has 1 aromatic carbocycles. The van der Waals surface area contributed by atoms with Crippen LogP contribution in [0.2, 0.25) is 10.0 Å². The average Bonchev–Trinajstić information content (AvgIpc) is 2.72. The molecule has 0 radical (unpaired) electrons. The van der Waals surface area contributed by atoms with Gasteiger partial charge in [-0.1, -0.05) is 23.2 Å². The summed E-state index contributed by atoms with van der Waals surface area (Å²) in [6.07, 6.45) is 1.37. The number of halogens is 3. The highest BCUT2D eigenvalue weighted by Gasteiger charge is 2.17. The Bertz CT molecular complexity index is 625. The van der Waals surface area contributed by atoms with Crippen molar-refractivity contribution < 1.29 is 9.53 Å². The minimum Gasteiger partial charge on any atom is -0.461 e. The summed E-state index contributed by atoms with van der Waals surface area (Å²) in [6.45, 7) is 1.98. The number of carbonyl (C=O) groups excluding carboxylic acids is 1. The molecule has 19 heavy (non-hydrogen) atoms. The largest absolute Gasteiger partial charge is 0.461 e. The lowest BCUT2D eigenvalue weighted by atomic mass is 10.2. The van der Waals surface area contributed by atoms with Gasteiger partial charge >= 0.3 is 5.97 Å². The van der Waals surface area contributed by atoms with E-state index in [0.717, 1.165) is 0 Å². The first kappa shape index (κ1) is 14.2. The molecule has 0 aliphatic heterocycles. The Kier molecular flexibility index (Phi) is 4.34. The molecule has 1 heterocycles. The fourth-order valence-electron chi connectivity index (χ4n) is 1.51. The van der Waals surface area contributed by atoms with E-state index >= 15 is 0 Å². The predicted octanol–water partition coefficient (Wildman–Crippen LogP) is 4.04. The van der Waals surface area contributed by atoms with Crippen molar-refractivity contribution in [1.29, 1.82) is 0 Å². The summed E-state index contributed by atoms with van der Waals surface area (Å²) in [5.41, 5.74) is 0.703. The molecule has 0 bridgehead atoms. The third-order valence-electron chi connectivity index (χ3n) is 2.32. The number of benzene rings is 1. The first-order valence-electron chi connectivity index (χ1n) is 5.41. The maximum Gasteiger partial charge on any atom is 0.358 e. The van der Waals surface area contributed by atoms with Crippen LogP contribution < -0.4 is 0 Å². The molecule has 0 atom stereocenters. The maximum atomic E-state index is 11.6. The molecule has 0 amide bonds. The highest BCUT2D eigenvalue weighted by atomic mass is 35.5. The summed E-state index contributed by atoms with van der Waals surface area (Å²) in [4.78, 5) is 15.7. The Morgan fingerprint density at radius 3 is 2.79 bits per heavy atom. The van der Waals surface area contributed by atoms with Gasteiger partial charge in [-0.05, 0) is 25.1 Å². The molecule has 7 heteroatoms. The van der Waals surface area contributed by atoms with Gasteiger partial charge in [0.2, 0.25) is 0 Å². The molecule has 0 saturated carbocycles. The van der Waals surface area contributed by atoms with Crippen LogP contribution in [0.5, 0.6) is 0 Å². The Morgan fingerprint density at radius 2 is 2.16 bits per heavy atom. The molecule has 0 spiro atoms. The number of nitrogens with zero attached hydrogens (tertiary/aromatic N) is 2. The Morgan fingerprint density at radius 1 is 1.42 bits per heavy atom. The van der Waals surface area contributed by atoms with E-state index in [2.05, 4.69) is 4.98 Å². The second kappa shape index (κ2) is 5.82. The minimum absolute atomic E-state index is 0.123. The van der Waals surface area contributed by atoms with Crippen molar-refractivity contribution in [2.24, 2.45) is 0 Å². The predicted molar refractivity (Wildman–Crippen MR) is 74.9 cm³/mol. The fraction of sp³-hybridized carbons (Fsp3) is 0.167. The Labute approximate surface area is 125 Å². The highest BCUT2D eigenvalue weighted by molar-refractivity contribution is 6.36. The molecule has 1 aromatic heterocycles. The van der Waals surface area contributed by atoms with E-state index in [4.69, 9.17) is 39.7 Å². The van der Waals surface area contributed by atoms with E-state index in [1.54, 1.807) is 25.1 Å². The molecule has 100 valence electrons. The number of aromatic nitrogens is 2. The van der Waals surface area contributed by atoms with Gasteiger partial charge in [0.1, 0.15) is 0 Å². The summed E-state index contributed by atoms with van der Waals surface area (Å²) in [5.74, 6) is -0.181. The highest BCUT2D eigenvalue weighted by Crippen LogP contribution is 2.30. The zero-order chi connectivity index (χ0) is 14.0. The van der Waals surface area contributed by atoms with Crippen molar-refractivity contribution in [3.05, 3.63) is 40.1 Å². The monoisotopic (exact) mass is 318 g/mol. The normalized spacial score (nSPS) is 10.5. The number of esters is 1. The van der Waals surface area contributed by atoms with Gasteiger partial charge in [-0.2, -0.15) is 0 Å². The number of carbonyl (C=O) groups is 1. The van der Waals surface area contributed by atoms with E-state index in [-0.39, 0.29) is 12.3 Å². The van der Waals surface area contributed by atoms with Gasteiger partial charge < -0.3 is 4.74 Å². The fourth-order valence-corrected chi connectivity index (χ4v) is 2.22. The molecule has 0 fully saturated rings. The topological polar surface area (TPSA) is 44.1 Å². The molecule has 0 aliphatic carbocycles. The lowest BCUT2D eigenvalue weighted by Crippen LogP contribution is -2.04. The van der Waals surface area contributed by atoms with Crippen LogP contribution in [-0.2, 0) is 4.74 Å². The SMILES string of the molecule is CCOC(=O)c1cn(Cl)c(-c2ccc(Cl)cc2Cl)n1. The molecule has 2 aromatic rings. The van der Waals surface area contributed by atoms with E-state index in [1.807, 2.05) is 0 Å². The van der Waals surface area contributed by atoms with Gasteiger partial charge in [0.05, 0.1) is 17.8 Å². The zero-order valence-corrected chi connectivity index (χ0v) is 12.1. The van der Waals surface area contributed by atoms with Crippen LogP contribution in [0.1, 0.15) is 17.4 Å². The maximum absolute atomic E-state index is 11.6. The minimum atomic E-state index is -0.534. The van der Waals surface area contributed by atoms with E-state index in [0.29, 0.717) is 21.4 Å². The number of rotatable bonds is 3. The smallest absolute Gasteiger partial charge is 0.358 e. The van der Waals surface area contributed by atoms with Gasteiger partial charge in [0.25, 0.3) is 0 Å². The van der Waals surface area contributed by atoms with Gasteiger partial charge in [0.15, 0.2) is 11.5 Å². The molecule has 0 N–H and O–H groups in total. The van der Waals surface area contributed by atoms with Gasteiger partial charge in [-0.25, -0.2) is 13.9 Å². The quantitative estimate of drug-likeness (QED) is 0.802. The second-order valence-electron chi connectivity index (χ2n) is 3.61. The van der Waals surface area contributed by atoms with Crippen LogP contribution in [0.25, 0.3) is 11.4 Å². The number of ether oxygens (including phenoxy) is 1. The van der Waals surface area contributed by atoms with E-state index in [1.165, 1.54) is 10.3 Å². The van der Waals surface area contributed by atoms with Crippen LogP contribution in [0.15, 0.2) is 24.4 Å². The van der Waals surface area contributed by atoms with Crippen LogP contribution in [0.4, 0.5) is 0 Å². The summed E-state index contributed by atoms with van der Waals surface area (Å²) in [5, 5.41) is 0.905. The van der Waals surface area contributed by atoms with Crippen LogP contribution in [0.3, 0.4) is 0 Å². The third-order valence-corrected chi connectivity index (χ3v) is 3.13. The first-order valence-corrected chi connectivity index (χ1v) is 6.50. The molecule has 0 aliphatic rings. The summed E-state index contributed by atoms with van der Waals surface area (Å²) >= 11 is 17.9. The summed E-state index contributed by atoms with van der Waals surface area (Å²) < 4.78 is 6.05. The van der Waals surface area contributed by atoms with Crippen molar-refractivity contribution in [2.75, 3.05) is 6.61 Å². The van der Waals surface area contributed by atoms with Gasteiger partial charge in [0, 0.05) is 22.4 Å². The van der Waals surface area contributed by atoms with Crippen molar-refractivity contribution in [1.82, 2.24) is 9.07 Å². The molecule has 2 rings (SSSR count). The number of hydrogen-bond acceptors (Lipinski definition) is 3. The van der Waals surface area contributed by atoms with Crippen LogP contribution in [0, 0.1) is 0 Å². The molecule has 0 saturated heterocycles. The number of hydrogen-bond donors (Lipinski definition) is 0. The summed E-state index contributed by atoms with van der Waals surface area (Å²) in [6, 6.07) is 4.92. The molecular weight excluding hydrogens is 311 g/mol. The van der Waals surface area contributed by atoms with Gasteiger partial charge in [-0.3, -0.25) is 0 Å². The lowest BCUT2D eigenvalue weighted by molar-refractivity contribution is 0.0520. The van der Waals surface area contributed by atoms with Gasteiger partial charge in [-0.15, -0.1) is 0 Å². The molecular formula is C12H9Cl3N2O2. The lowest BCUT2D eigenvalue weighted by Gasteiger charge is -2.02. The average molecular weight is 320 g/mol.